The second kappa shape index (κ2) is 13.7. The third-order valence-corrected chi connectivity index (χ3v) is 8.32. The average molecular weight is 650 g/mol. The Balaban J connectivity index is 1.32. The summed E-state index contributed by atoms with van der Waals surface area (Å²) in [5, 5.41) is 2.70. The van der Waals surface area contributed by atoms with Crippen molar-refractivity contribution in [2.45, 2.75) is 37.8 Å². The Morgan fingerprint density at radius 3 is 2.22 bits per heavy atom. The molecule has 2 fully saturated rings. The van der Waals surface area contributed by atoms with Gasteiger partial charge >= 0.3 is 18.3 Å². The normalized spacial score (nSPS) is 18.1. The molecule has 14 heteroatoms. The van der Waals surface area contributed by atoms with Crippen molar-refractivity contribution >= 4 is 23.4 Å². The molecule has 8 nitrogen and oxygen atoms in total. The molecule has 0 aliphatic carbocycles. The van der Waals surface area contributed by atoms with E-state index in [2.05, 4.69) is 15.2 Å². The maximum absolute atomic E-state index is 13.7. The molecule has 0 radical (unpaired) electrons. The van der Waals surface area contributed by atoms with E-state index >= 15 is 0 Å². The number of nitrogens with zero attached hydrogens (tertiary/aromatic N) is 4. The fourth-order valence-corrected chi connectivity index (χ4v) is 5.82. The number of methoxy groups -OCH3 is 1. The van der Waals surface area contributed by atoms with Crippen LogP contribution in [0.5, 0.6) is 0 Å². The number of carbonyl (C=O) groups excluding carboxylic acids is 2. The van der Waals surface area contributed by atoms with Crippen molar-refractivity contribution in [3.8, 4) is 11.1 Å². The zero-order valence-corrected chi connectivity index (χ0v) is 25.0. The summed E-state index contributed by atoms with van der Waals surface area (Å²) in [7, 11) is 1.35. The van der Waals surface area contributed by atoms with Gasteiger partial charge in [0.15, 0.2) is 0 Å². The van der Waals surface area contributed by atoms with Crippen LogP contribution in [-0.4, -0.2) is 85.3 Å². The third kappa shape index (κ3) is 7.97. The topological polar surface area (TPSA) is 78.0 Å². The Morgan fingerprint density at radius 2 is 1.61 bits per heavy atom. The number of aromatic nitrogens is 1. The maximum Gasteiger partial charge on any atom is 0.416 e. The van der Waals surface area contributed by atoms with Crippen molar-refractivity contribution in [1.82, 2.24) is 14.8 Å². The van der Waals surface area contributed by atoms with Crippen molar-refractivity contribution in [2.75, 3.05) is 56.6 Å². The lowest BCUT2D eigenvalue weighted by Crippen LogP contribution is -2.48. The number of hydrogen-bond acceptors (Lipinski definition) is 7. The minimum atomic E-state index is -4.54. The van der Waals surface area contributed by atoms with E-state index in [1.807, 2.05) is 17.0 Å². The number of pyridine rings is 1. The average Bonchev–Trinajstić information content (AvgIpc) is 3.50. The molecule has 246 valence electrons. The van der Waals surface area contributed by atoms with Crippen LogP contribution in [0, 0.1) is 0 Å². The van der Waals surface area contributed by atoms with Crippen molar-refractivity contribution in [3.63, 3.8) is 0 Å². The van der Waals surface area contributed by atoms with E-state index in [1.165, 1.54) is 36.4 Å². The third-order valence-electron chi connectivity index (χ3n) is 8.32. The Kier molecular flexibility index (Phi) is 9.87. The molecule has 2 aliphatic rings. The highest BCUT2D eigenvalue weighted by Crippen LogP contribution is 2.36. The molecule has 2 aromatic carbocycles. The molecule has 46 heavy (non-hydrogen) atoms. The second-order valence-electron chi connectivity index (χ2n) is 11.3. The van der Waals surface area contributed by atoms with Gasteiger partial charge in [-0.05, 0) is 73.0 Å². The molecule has 2 saturated heterocycles. The minimum Gasteiger partial charge on any atom is -0.468 e. The lowest BCUT2D eigenvalue weighted by atomic mass is 9.99. The molecule has 3 aromatic rings. The van der Waals surface area contributed by atoms with Crippen LogP contribution in [0.15, 0.2) is 60.8 Å². The largest absolute Gasteiger partial charge is 0.468 e. The fraction of sp³-hybridized carbons (Fsp3) is 0.406. The number of piperazine rings is 1. The van der Waals surface area contributed by atoms with E-state index in [0.29, 0.717) is 54.9 Å². The number of benzene rings is 2. The summed E-state index contributed by atoms with van der Waals surface area (Å²) >= 11 is 0. The molecule has 0 spiro atoms. The van der Waals surface area contributed by atoms with Gasteiger partial charge in [-0.25, -0.2) is 4.98 Å². The predicted molar refractivity (Wildman–Crippen MR) is 159 cm³/mol. The number of nitrogens with one attached hydrogen (secondary N) is 1. The molecule has 5 rings (SSSR count). The fourth-order valence-electron chi connectivity index (χ4n) is 5.82. The SMILES string of the molecule is COC(=O)CN1CCN(c2ccc(C(=O)Nc3cc(CN4CCC[C@H]4C(F)(F)F)c(-c4ccc(C(F)(F)F)cc4)cn3)cc2)CC1. The van der Waals surface area contributed by atoms with Gasteiger partial charge in [-0.1, -0.05) is 12.1 Å². The molecule has 2 aliphatic heterocycles. The number of hydrogen-bond donors (Lipinski definition) is 1. The summed E-state index contributed by atoms with van der Waals surface area (Å²) < 4.78 is 85.3. The Hall–Kier alpha value is -4.17. The molecular weight excluding hydrogens is 616 g/mol. The van der Waals surface area contributed by atoms with Gasteiger partial charge in [0.05, 0.1) is 19.2 Å². The van der Waals surface area contributed by atoms with Crippen LogP contribution in [0.4, 0.5) is 37.8 Å². The van der Waals surface area contributed by atoms with Crippen LogP contribution >= 0.6 is 0 Å². The van der Waals surface area contributed by atoms with Crippen molar-refractivity contribution in [2.24, 2.45) is 0 Å². The number of halogens is 6. The van der Waals surface area contributed by atoms with Crippen molar-refractivity contribution in [3.05, 3.63) is 77.5 Å². The van der Waals surface area contributed by atoms with Crippen LogP contribution in [0.3, 0.4) is 0 Å². The van der Waals surface area contributed by atoms with Crippen molar-refractivity contribution < 1.29 is 40.7 Å². The van der Waals surface area contributed by atoms with E-state index in [1.54, 1.807) is 12.1 Å². The molecule has 1 atom stereocenters. The van der Waals surface area contributed by atoms with Gasteiger partial charge in [0.25, 0.3) is 5.91 Å². The summed E-state index contributed by atoms with van der Waals surface area (Å²) in [5.74, 6) is -0.671. The number of carbonyl (C=O) groups is 2. The predicted octanol–water partition coefficient (Wildman–Crippen LogP) is 5.84. The minimum absolute atomic E-state index is 0.0486. The molecular formula is C32H33F6N5O3. The summed E-state index contributed by atoms with van der Waals surface area (Å²) in [6.07, 6.45) is -7.31. The molecule has 3 heterocycles. The zero-order chi connectivity index (χ0) is 33.1. The molecule has 1 N–H and O–H groups in total. The lowest BCUT2D eigenvalue weighted by molar-refractivity contribution is -0.177. The van der Waals surface area contributed by atoms with Gasteiger partial charge in [0.2, 0.25) is 0 Å². The molecule has 0 bridgehead atoms. The highest BCUT2D eigenvalue weighted by Gasteiger charge is 2.45. The highest BCUT2D eigenvalue weighted by atomic mass is 19.4. The lowest BCUT2D eigenvalue weighted by Gasteiger charge is -2.35. The monoisotopic (exact) mass is 649 g/mol. The summed E-state index contributed by atoms with van der Waals surface area (Å²) in [6, 6.07) is 11.1. The van der Waals surface area contributed by atoms with Crippen LogP contribution in [0.2, 0.25) is 0 Å². The molecule has 1 amide bonds. The summed E-state index contributed by atoms with van der Waals surface area (Å²) in [4.78, 5) is 34.4. The molecule has 0 saturated carbocycles. The highest BCUT2D eigenvalue weighted by molar-refractivity contribution is 6.04. The standard InChI is InChI=1S/C32H33F6N5O3/c1-46-29(44)20-41-13-15-42(16-14-41)25-10-6-22(7-11-25)30(45)40-28-17-23(19-43-12-2-3-27(43)32(36,37)38)26(18-39-28)21-4-8-24(9-5-21)31(33,34)35/h4-11,17-18,27H,2-3,12-16,19-20H2,1H3,(H,39,40,45)/t27-/m0/s1. The first-order valence-electron chi connectivity index (χ1n) is 14.7. The number of esters is 1. The van der Waals surface area contributed by atoms with Gasteiger partial charge < -0.3 is 15.0 Å². The second-order valence-corrected chi connectivity index (χ2v) is 11.3. The van der Waals surface area contributed by atoms with Crippen LogP contribution in [0.25, 0.3) is 11.1 Å². The number of amides is 1. The van der Waals surface area contributed by atoms with Crippen LogP contribution in [-0.2, 0) is 22.3 Å². The van der Waals surface area contributed by atoms with Gasteiger partial charge in [-0.2, -0.15) is 26.3 Å². The first-order valence-corrected chi connectivity index (χ1v) is 14.7. The number of anilines is 2. The molecule has 1 aromatic heterocycles. The van der Waals surface area contributed by atoms with Crippen molar-refractivity contribution in [1.29, 1.82) is 0 Å². The van der Waals surface area contributed by atoms with E-state index < -0.39 is 29.9 Å². The first kappa shape index (κ1) is 33.2. The van der Waals surface area contributed by atoms with Gasteiger partial charge in [-0.15, -0.1) is 0 Å². The quantitative estimate of drug-likeness (QED) is 0.243. The van der Waals surface area contributed by atoms with Gasteiger partial charge in [-0.3, -0.25) is 19.4 Å². The van der Waals surface area contributed by atoms with Gasteiger partial charge in [0.1, 0.15) is 11.9 Å². The van der Waals surface area contributed by atoms with Crippen LogP contribution < -0.4 is 10.2 Å². The summed E-state index contributed by atoms with van der Waals surface area (Å²) in [5.41, 5.74) is 1.51. The number of alkyl halides is 6. The Bertz CT molecular complexity index is 1520. The Labute approximate surface area is 261 Å². The van der Waals surface area contributed by atoms with E-state index in [9.17, 15) is 35.9 Å². The van der Waals surface area contributed by atoms with E-state index in [0.717, 1.165) is 17.8 Å². The maximum atomic E-state index is 13.7. The number of rotatable bonds is 8. The Morgan fingerprint density at radius 1 is 0.935 bits per heavy atom. The van der Waals surface area contributed by atoms with E-state index in [-0.39, 0.29) is 37.8 Å². The zero-order valence-electron chi connectivity index (χ0n) is 25.0. The van der Waals surface area contributed by atoms with Crippen LogP contribution in [0.1, 0.15) is 34.3 Å². The van der Waals surface area contributed by atoms with Gasteiger partial charge in [0, 0.05) is 55.7 Å². The number of ether oxygens (including phenoxy) is 1. The molecule has 0 unspecified atom stereocenters. The summed E-state index contributed by atoms with van der Waals surface area (Å²) in [6.45, 7) is 3.02. The first-order chi connectivity index (χ1) is 21.8. The smallest absolute Gasteiger partial charge is 0.416 e. The van der Waals surface area contributed by atoms with E-state index in [4.69, 9.17) is 4.74 Å². The number of likely N-dealkylation sites (tertiary alicyclic amines) is 1.